The topological polar surface area (TPSA) is 50.7 Å². The van der Waals surface area contributed by atoms with E-state index in [1.807, 2.05) is 6.92 Å². The largest absolute Gasteiger partial charge is 0.487 e. The number of rotatable bonds is 8. The number of nitrogens with one attached hydrogen (secondary N) is 1. The maximum atomic E-state index is 13.6. The fraction of sp³-hybridized carbons (Fsp3) is 0.538. The van der Waals surface area contributed by atoms with Crippen LogP contribution in [0.25, 0.3) is 0 Å². The molecule has 1 unspecified atom stereocenters. The van der Waals surface area contributed by atoms with E-state index >= 15 is 0 Å². The van der Waals surface area contributed by atoms with Crippen molar-refractivity contribution in [3.05, 3.63) is 29.6 Å². The van der Waals surface area contributed by atoms with Crippen LogP contribution in [0.3, 0.4) is 0 Å². The fourth-order valence-corrected chi connectivity index (χ4v) is 1.53. The lowest BCUT2D eigenvalue weighted by Gasteiger charge is -2.15. The third-order valence-electron chi connectivity index (χ3n) is 2.39. The molecule has 0 saturated carbocycles. The lowest BCUT2D eigenvalue weighted by Crippen LogP contribution is -2.23. The number of methoxy groups -OCH3 is 1. The molecule has 0 radical (unpaired) electrons. The van der Waals surface area contributed by atoms with Gasteiger partial charge in [-0.25, -0.2) is 4.39 Å². The standard InChI is InChI=1S/C13H20FNO3/c1-3-15-7-10-5-4-6-12(14)13(10)18-9-11(16)8-17-2/h4-6,11,15-16H,3,7-9H2,1-2H3. The predicted octanol–water partition coefficient (Wildman–Crippen LogP) is 1.32. The zero-order chi connectivity index (χ0) is 13.4. The van der Waals surface area contributed by atoms with Gasteiger partial charge in [-0.15, -0.1) is 0 Å². The van der Waals surface area contributed by atoms with Crippen LogP contribution in [0.5, 0.6) is 5.75 Å². The quantitative estimate of drug-likeness (QED) is 0.737. The van der Waals surface area contributed by atoms with Crippen LogP contribution in [0.4, 0.5) is 4.39 Å². The molecule has 1 aromatic carbocycles. The van der Waals surface area contributed by atoms with E-state index in [4.69, 9.17) is 9.47 Å². The number of benzene rings is 1. The number of aliphatic hydroxyl groups is 1. The molecule has 0 aliphatic rings. The summed E-state index contributed by atoms with van der Waals surface area (Å²) < 4.78 is 23.8. The van der Waals surface area contributed by atoms with E-state index in [9.17, 15) is 9.50 Å². The van der Waals surface area contributed by atoms with E-state index in [1.165, 1.54) is 13.2 Å². The minimum Gasteiger partial charge on any atom is -0.487 e. The number of hydrogen-bond donors (Lipinski definition) is 2. The minimum absolute atomic E-state index is 0.00784. The average molecular weight is 257 g/mol. The van der Waals surface area contributed by atoms with Crippen molar-refractivity contribution >= 4 is 0 Å². The Morgan fingerprint density at radius 1 is 1.39 bits per heavy atom. The SMILES string of the molecule is CCNCc1cccc(F)c1OCC(O)COC. The van der Waals surface area contributed by atoms with E-state index in [-0.39, 0.29) is 19.0 Å². The van der Waals surface area contributed by atoms with Crippen LogP contribution in [0.2, 0.25) is 0 Å². The van der Waals surface area contributed by atoms with Crippen molar-refractivity contribution in [2.75, 3.05) is 26.9 Å². The summed E-state index contributed by atoms with van der Waals surface area (Å²) in [5.41, 5.74) is 0.737. The first kappa shape index (κ1) is 14.9. The van der Waals surface area contributed by atoms with E-state index in [0.29, 0.717) is 6.54 Å². The Hall–Kier alpha value is -1.17. The smallest absolute Gasteiger partial charge is 0.165 e. The van der Waals surface area contributed by atoms with Crippen LogP contribution in [0.15, 0.2) is 18.2 Å². The molecule has 0 heterocycles. The molecule has 1 rings (SSSR count). The van der Waals surface area contributed by atoms with Crippen molar-refractivity contribution in [3.8, 4) is 5.75 Å². The lowest BCUT2D eigenvalue weighted by molar-refractivity contribution is 0.0313. The van der Waals surface area contributed by atoms with E-state index in [1.54, 1.807) is 12.1 Å². The number of para-hydroxylation sites is 1. The number of hydrogen-bond acceptors (Lipinski definition) is 4. The molecule has 1 atom stereocenters. The first-order chi connectivity index (χ1) is 8.69. The van der Waals surface area contributed by atoms with Gasteiger partial charge < -0.3 is 19.9 Å². The maximum Gasteiger partial charge on any atom is 0.165 e. The highest BCUT2D eigenvalue weighted by molar-refractivity contribution is 5.34. The lowest BCUT2D eigenvalue weighted by atomic mass is 10.2. The molecule has 4 nitrogen and oxygen atoms in total. The summed E-state index contributed by atoms with van der Waals surface area (Å²) >= 11 is 0. The Kier molecular flexibility index (Phi) is 6.64. The molecule has 1 aromatic rings. The molecule has 102 valence electrons. The van der Waals surface area contributed by atoms with Gasteiger partial charge in [0.1, 0.15) is 12.7 Å². The second kappa shape index (κ2) is 8.02. The van der Waals surface area contributed by atoms with E-state index in [0.717, 1.165) is 12.1 Å². The maximum absolute atomic E-state index is 13.6. The normalized spacial score (nSPS) is 12.4. The molecule has 0 fully saturated rings. The number of aliphatic hydroxyl groups excluding tert-OH is 1. The molecule has 18 heavy (non-hydrogen) atoms. The molecule has 5 heteroatoms. The van der Waals surface area contributed by atoms with Crippen LogP contribution in [-0.2, 0) is 11.3 Å². The van der Waals surface area contributed by atoms with Crippen molar-refractivity contribution < 1.29 is 19.0 Å². The van der Waals surface area contributed by atoms with Gasteiger partial charge in [0.15, 0.2) is 11.6 Å². The van der Waals surface area contributed by atoms with Gasteiger partial charge in [-0.3, -0.25) is 0 Å². The average Bonchev–Trinajstić information content (AvgIpc) is 2.35. The zero-order valence-electron chi connectivity index (χ0n) is 10.8. The van der Waals surface area contributed by atoms with Gasteiger partial charge in [-0.1, -0.05) is 19.1 Å². The molecule has 0 aliphatic heterocycles. The van der Waals surface area contributed by atoms with Crippen molar-refractivity contribution in [1.82, 2.24) is 5.32 Å². The van der Waals surface area contributed by atoms with Crippen molar-refractivity contribution in [1.29, 1.82) is 0 Å². The summed E-state index contributed by atoms with van der Waals surface area (Å²) in [6.07, 6.45) is -0.762. The van der Waals surface area contributed by atoms with Gasteiger partial charge in [0, 0.05) is 19.2 Å². The van der Waals surface area contributed by atoms with Gasteiger partial charge in [0.25, 0.3) is 0 Å². The highest BCUT2D eigenvalue weighted by atomic mass is 19.1. The first-order valence-electron chi connectivity index (χ1n) is 5.97. The van der Waals surface area contributed by atoms with E-state index < -0.39 is 11.9 Å². The fourth-order valence-electron chi connectivity index (χ4n) is 1.53. The molecule has 0 saturated heterocycles. The molecular formula is C13H20FNO3. The van der Waals surface area contributed by atoms with Crippen LogP contribution < -0.4 is 10.1 Å². The van der Waals surface area contributed by atoms with Crippen molar-refractivity contribution in [2.45, 2.75) is 19.6 Å². The van der Waals surface area contributed by atoms with Gasteiger partial charge in [0.2, 0.25) is 0 Å². The second-order valence-corrected chi connectivity index (χ2v) is 3.93. The third kappa shape index (κ3) is 4.60. The first-order valence-corrected chi connectivity index (χ1v) is 5.97. The Bertz CT molecular complexity index is 360. The summed E-state index contributed by atoms with van der Waals surface area (Å²) in [6, 6.07) is 4.78. The summed E-state index contributed by atoms with van der Waals surface area (Å²) in [6.45, 7) is 3.47. The minimum atomic E-state index is -0.762. The molecule has 0 spiro atoms. The predicted molar refractivity (Wildman–Crippen MR) is 67.2 cm³/mol. The summed E-state index contributed by atoms with van der Waals surface area (Å²) in [5.74, 6) is -0.233. The second-order valence-electron chi connectivity index (χ2n) is 3.93. The third-order valence-corrected chi connectivity index (χ3v) is 2.39. The summed E-state index contributed by atoms with van der Waals surface area (Å²) in [4.78, 5) is 0. The van der Waals surface area contributed by atoms with Gasteiger partial charge in [0.05, 0.1) is 6.61 Å². The van der Waals surface area contributed by atoms with Crippen molar-refractivity contribution in [2.24, 2.45) is 0 Å². The monoisotopic (exact) mass is 257 g/mol. The Balaban J connectivity index is 2.66. The number of ether oxygens (including phenoxy) is 2. The van der Waals surface area contributed by atoms with Crippen LogP contribution in [-0.4, -0.2) is 38.1 Å². The molecule has 0 amide bonds. The molecule has 0 aliphatic carbocycles. The summed E-state index contributed by atoms with van der Waals surface area (Å²) in [5, 5.41) is 12.6. The van der Waals surface area contributed by atoms with Crippen LogP contribution in [0, 0.1) is 5.82 Å². The zero-order valence-corrected chi connectivity index (χ0v) is 10.8. The van der Waals surface area contributed by atoms with Crippen LogP contribution >= 0.6 is 0 Å². The van der Waals surface area contributed by atoms with Crippen molar-refractivity contribution in [3.63, 3.8) is 0 Å². The van der Waals surface area contributed by atoms with Crippen LogP contribution in [0.1, 0.15) is 12.5 Å². The molecular weight excluding hydrogens is 237 g/mol. The van der Waals surface area contributed by atoms with Gasteiger partial charge in [-0.05, 0) is 12.6 Å². The van der Waals surface area contributed by atoms with Gasteiger partial charge in [-0.2, -0.15) is 0 Å². The number of halogens is 1. The van der Waals surface area contributed by atoms with Gasteiger partial charge >= 0.3 is 0 Å². The Labute approximate surface area is 107 Å². The highest BCUT2D eigenvalue weighted by Gasteiger charge is 2.12. The van der Waals surface area contributed by atoms with E-state index in [2.05, 4.69) is 5.32 Å². The molecule has 2 N–H and O–H groups in total. The highest BCUT2D eigenvalue weighted by Crippen LogP contribution is 2.22. The Morgan fingerprint density at radius 3 is 2.83 bits per heavy atom. The molecule has 0 bridgehead atoms. The Morgan fingerprint density at radius 2 is 2.17 bits per heavy atom. The summed E-state index contributed by atoms with van der Waals surface area (Å²) in [7, 11) is 1.49. The molecule has 0 aromatic heterocycles.